The summed E-state index contributed by atoms with van der Waals surface area (Å²) in [6, 6.07) is 0. The molecule has 4 N–H and O–H groups in total. The van der Waals surface area contributed by atoms with Crippen LogP contribution in [-0.2, 0) is 9.59 Å². The molecule has 0 spiro atoms. The first kappa shape index (κ1) is 68.5. The van der Waals surface area contributed by atoms with Crippen molar-refractivity contribution >= 4 is 33.8 Å². The second-order valence-corrected chi connectivity index (χ2v) is 21.1. The molecule has 0 saturated carbocycles. The van der Waals surface area contributed by atoms with E-state index in [2.05, 4.69) is 107 Å². The molecule has 0 saturated heterocycles. The van der Waals surface area contributed by atoms with Crippen molar-refractivity contribution in [3.05, 3.63) is 109 Å². The maximum Gasteiger partial charge on any atom is 0.215 e. The third kappa shape index (κ3) is 48.2. The molecule has 4 unspecified atom stereocenters. The summed E-state index contributed by atoms with van der Waals surface area (Å²) in [6.45, 7) is 15.3. The zero-order valence-electron chi connectivity index (χ0n) is 45.4. The molecule has 0 fully saturated rings. The van der Waals surface area contributed by atoms with Crippen LogP contribution in [0.4, 0.5) is 0 Å². The van der Waals surface area contributed by atoms with Crippen molar-refractivity contribution in [3.8, 4) is 0 Å². The van der Waals surface area contributed by atoms with Gasteiger partial charge in [0.25, 0.3) is 0 Å². The summed E-state index contributed by atoms with van der Waals surface area (Å²) < 4.78 is 0. The van der Waals surface area contributed by atoms with Crippen LogP contribution >= 0.6 is 23.5 Å². The van der Waals surface area contributed by atoms with E-state index < -0.39 is 24.4 Å². The van der Waals surface area contributed by atoms with E-state index >= 15 is 0 Å². The molecule has 0 heterocycles. The van der Waals surface area contributed by atoms with Gasteiger partial charge in [-0.15, -0.1) is 0 Å². The minimum absolute atomic E-state index is 0.0564. The van der Waals surface area contributed by atoms with Crippen LogP contribution in [-0.4, -0.2) is 116 Å². The lowest BCUT2D eigenvalue weighted by atomic mass is 10.1. The molecule has 406 valence electrons. The summed E-state index contributed by atoms with van der Waals surface area (Å²) in [5.74, 6) is 0.894. The number of thioether (sulfide) groups is 2. The highest BCUT2D eigenvalue weighted by Crippen LogP contribution is 2.18. The van der Waals surface area contributed by atoms with Crippen molar-refractivity contribution in [3.63, 3.8) is 0 Å². The van der Waals surface area contributed by atoms with Crippen LogP contribution in [0.15, 0.2) is 109 Å². The number of carbonyl (C=O) groups excluding carboxylic acids is 2. The fourth-order valence-electron chi connectivity index (χ4n) is 7.58. The standard InChI is InChI=1S/C61H104N2O6S2/c1-6-10-14-18-22-26-30-34-38-42-56(64)51-62(52-57(65)43-39-35-31-27-23-19-15-11-7-2)46-48-70-60(68)50-55(5)61(69)71-49-47-63(53-58(66)44-40-36-32-28-24-20-16-12-8-3)54-59(67)45-41-37-33-29-25-21-17-13-9-4/h22-29,34-41,56-59,64-67H,5-21,30-33,42-54H2,1-4H3/b26-22-,27-23-,28-24-,29-25-,38-34-,39-35-,40-36-,41-37-. The molecule has 0 aliphatic rings. The highest BCUT2D eigenvalue weighted by atomic mass is 32.2. The molecule has 4 atom stereocenters. The summed E-state index contributed by atoms with van der Waals surface area (Å²) in [5, 5.41) is 43.5. The number of nitrogens with zero attached hydrogens (tertiary/aromatic N) is 2. The smallest absolute Gasteiger partial charge is 0.215 e. The number of rotatable bonds is 49. The van der Waals surface area contributed by atoms with Gasteiger partial charge in [-0.05, 0) is 103 Å². The molecule has 0 aliphatic carbocycles. The number of unbranched alkanes of at least 4 members (excludes halogenated alkanes) is 12. The minimum Gasteiger partial charge on any atom is -0.391 e. The van der Waals surface area contributed by atoms with E-state index in [0.29, 0.717) is 76.5 Å². The quantitative estimate of drug-likeness (QED) is 0.0266. The van der Waals surface area contributed by atoms with E-state index in [9.17, 15) is 30.0 Å². The number of aliphatic hydroxyl groups excluding tert-OH is 4. The van der Waals surface area contributed by atoms with Gasteiger partial charge < -0.3 is 20.4 Å². The first-order valence-electron chi connectivity index (χ1n) is 27.9. The monoisotopic (exact) mass is 1020 g/mol. The number of allylic oxidation sites excluding steroid dienone is 12. The van der Waals surface area contributed by atoms with Crippen LogP contribution in [0.1, 0.15) is 188 Å². The average Bonchev–Trinajstić information content (AvgIpc) is 3.34. The van der Waals surface area contributed by atoms with Crippen LogP contribution in [0.5, 0.6) is 0 Å². The largest absolute Gasteiger partial charge is 0.391 e. The highest BCUT2D eigenvalue weighted by molar-refractivity contribution is 8.14. The summed E-state index contributed by atoms with van der Waals surface area (Å²) in [5.41, 5.74) is 0.251. The maximum atomic E-state index is 13.2. The van der Waals surface area contributed by atoms with Crippen molar-refractivity contribution in [2.45, 2.75) is 213 Å². The number of aliphatic hydroxyl groups is 4. The Morgan fingerprint density at radius 3 is 1.00 bits per heavy atom. The Labute approximate surface area is 444 Å². The van der Waals surface area contributed by atoms with Gasteiger partial charge in [-0.3, -0.25) is 19.4 Å². The molecule has 0 aromatic carbocycles. The third-order valence-electron chi connectivity index (χ3n) is 11.8. The average molecular weight is 1030 g/mol. The first-order valence-corrected chi connectivity index (χ1v) is 29.9. The van der Waals surface area contributed by atoms with Crippen molar-refractivity contribution in [1.29, 1.82) is 0 Å². The second kappa shape index (κ2) is 52.3. The van der Waals surface area contributed by atoms with Crippen LogP contribution in [0.25, 0.3) is 0 Å². The van der Waals surface area contributed by atoms with Gasteiger partial charge in [-0.2, -0.15) is 0 Å². The Hall–Kier alpha value is -2.54. The van der Waals surface area contributed by atoms with E-state index in [0.717, 1.165) is 74.9 Å². The predicted molar refractivity (Wildman–Crippen MR) is 312 cm³/mol. The van der Waals surface area contributed by atoms with Crippen molar-refractivity contribution in [2.24, 2.45) is 0 Å². The zero-order chi connectivity index (χ0) is 52.3. The Kier molecular flexibility index (Phi) is 50.5. The topological polar surface area (TPSA) is 122 Å². The summed E-state index contributed by atoms with van der Waals surface area (Å²) in [4.78, 5) is 30.4. The molecule has 0 aromatic rings. The van der Waals surface area contributed by atoms with Gasteiger partial charge in [-0.25, -0.2) is 0 Å². The molecule has 0 amide bonds. The Morgan fingerprint density at radius 1 is 0.423 bits per heavy atom. The van der Waals surface area contributed by atoms with Crippen molar-refractivity contribution in [2.75, 3.05) is 50.8 Å². The van der Waals surface area contributed by atoms with E-state index in [1.807, 2.05) is 34.1 Å². The molecule has 0 bridgehead atoms. The molecular formula is C61H104N2O6S2. The van der Waals surface area contributed by atoms with Crippen LogP contribution in [0.2, 0.25) is 0 Å². The summed E-state index contributed by atoms with van der Waals surface area (Å²) >= 11 is 2.27. The van der Waals surface area contributed by atoms with E-state index in [1.54, 1.807) is 0 Å². The molecule has 0 aromatic heterocycles. The Bertz CT molecular complexity index is 1440. The molecule has 0 radical (unpaired) electrons. The van der Waals surface area contributed by atoms with Gasteiger partial charge in [0, 0.05) is 62.8 Å². The van der Waals surface area contributed by atoms with E-state index in [1.165, 1.54) is 77.0 Å². The van der Waals surface area contributed by atoms with Gasteiger partial charge in [0.1, 0.15) is 0 Å². The van der Waals surface area contributed by atoms with Crippen LogP contribution in [0, 0.1) is 0 Å². The van der Waals surface area contributed by atoms with E-state index in [-0.39, 0.29) is 22.2 Å². The predicted octanol–water partition coefficient (Wildman–Crippen LogP) is 14.4. The second-order valence-electron chi connectivity index (χ2n) is 18.9. The molecule has 10 heteroatoms. The zero-order valence-corrected chi connectivity index (χ0v) is 47.0. The first-order chi connectivity index (χ1) is 34.6. The maximum absolute atomic E-state index is 13.2. The van der Waals surface area contributed by atoms with E-state index in [4.69, 9.17) is 0 Å². The minimum atomic E-state index is -0.614. The molecule has 0 aliphatic heterocycles. The highest BCUT2D eigenvalue weighted by Gasteiger charge is 2.19. The van der Waals surface area contributed by atoms with Gasteiger partial charge in [0.2, 0.25) is 5.12 Å². The van der Waals surface area contributed by atoms with Gasteiger partial charge in [-0.1, -0.05) is 206 Å². The third-order valence-corrected chi connectivity index (χ3v) is 13.6. The molecule has 71 heavy (non-hydrogen) atoms. The van der Waals surface area contributed by atoms with Crippen molar-refractivity contribution < 1.29 is 30.0 Å². The lowest BCUT2D eigenvalue weighted by Crippen LogP contribution is -2.39. The Balaban J connectivity index is 5.30. The fourth-order valence-corrected chi connectivity index (χ4v) is 9.24. The fraction of sp³-hybridized carbons (Fsp3) is 0.672. The summed E-state index contributed by atoms with van der Waals surface area (Å²) in [7, 11) is 0. The summed E-state index contributed by atoms with van der Waals surface area (Å²) in [6.07, 6.45) is 56.0. The van der Waals surface area contributed by atoms with Gasteiger partial charge >= 0.3 is 0 Å². The number of hydrogen-bond acceptors (Lipinski definition) is 10. The molecular weight excluding hydrogens is 921 g/mol. The van der Waals surface area contributed by atoms with Gasteiger partial charge in [0.15, 0.2) is 5.12 Å². The SMILES string of the molecule is C=C(CC(=O)SCCN(CC(O)C/C=C\C/C=C\CCCCC)CC(O)C/C=C\C/C=C\CCCCC)C(=O)SCCN(CC(O)C/C=C\C/C=C\CCCCC)CC(O)C/C=C\C/C=C\CCCCC. The van der Waals surface area contributed by atoms with Gasteiger partial charge in [0.05, 0.1) is 24.4 Å². The normalized spacial score (nSPS) is 14.5. The van der Waals surface area contributed by atoms with Crippen LogP contribution < -0.4 is 0 Å². The molecule has 8 nitrogen and oxygen atoms in total. The Morgan fingerprint density at radius 2 is 0.704 bits per heavy atom. The number of carbonyl (C=O) groups is 2. The lowest BCUT2D eigenvalue weighted by Gasteiger charge is -2.26. The molecule has 0 rings (SSSR count). The lowest BCUT2D eigenvalue weighted by molar-refractivity contribution is -0.112. The number of hydrogen-bond donors (Lipinski definition) is 4. The van der Waals surface area contributed by atoms with Crippen LogP contribution in [0.3, 0.4) is 0 Å². The van der Waals surface area contributed by atoms with Crippen molar-refractivity contribution in [1.82, 2.24) is 9.80 Å².